The van der Waals surface area contributed by atoms with Crippen LogP contribution in [0.2, 0.25) is 0 Å². The normalized spacial score (nSPS) is 12.9. The molecule has 1 aromatic rings. The Morgan fingerprint density at radius 3 is 2.86 bits per heavy atom. The molecule has 1 amide bonds. The summed E-state index contributed by atoms with van der Waals surface area (Å²) < 4.78 is 11.0. The zero-order chi connectivity index (χ0) is 15.7. The van der Waals surface area contributed by atoms with E-state index in [-0.39, 0.29) is 18.6 Å². The van der Waals surface area contributed by atoms with E-state index in [0.717, 1.165) is 0 Å². The molecule has 0 aromatic carbocycles. The fraction of sp³-hybridized carbons (Fsp3) is 0.467. The van der Waals surface area contributed by atoms with Gasteiger partial charge >= 0.3 is 0 Å². The summed E-state index contributed by atoms with van der Waals surface area (Å²) in [6.45, 7) is 1.90. The van der Waals surface area contributed by atoms with E-state index in [0.29, 0.717) is 29.9 Å². The van der Waals surface area contributed by atoms with Crippen molar-refractivity contribution in [2.75, 3.05) is 18.6 Å². The predicted molar refractivity (Wildman–Crippen MR) is 83.3 cm³/mol. The Balaban J connectivity index is 2.55. The molecule has 114 valence electrons. The Kier molecular flexibility index (Phi) is 7.65. The molecule has 1 aromatic heterocycles. The molecule has 2 unspecified atom stereocenters. The molecule has 0 fully saturated rings. The van der Waals surface area contributed by atoms with Gasteiger partial charge in [0.25, 0.3) is 5.91 Å². The third kappa shape index (κ3) is 7.02. The summed E-state index contributed by atoms with van der Waals surface area (Å²) in [5.41, 5.74) is 1.03. The van der Waals surface area contributed by atoms with E-state index in [1.54, 1.807) is 18.4 Å². The molecule has 5 nitrogen and oxygen atoms in total. The molecule has 6 heteroatoms. The predicted octanol–water partition coefficient (Wildman–Crippen LogP) is 0.702. The molecule has 0 aliphatic carbocycles. The molecule has 0 spiro atoms. The second kappa shape index (κ2) is 9.27. The Morgan fingerprint density at radius 2 is 2.29 bits per heavy atom. The van der Waals surface area contributed by atoms with Crippen molar-refractivity contribution in [3.8, 4) is 11.8 Å². The minimum absolute atomic E-state index is 0.0291. The van der Waals surface area contributed by atoms with Crippen LogP contribution < -0.4 is 5.32 Å². The lowest BCUT2D eigenvalue weighted by molar-refractivity contribution is 0.0934. The number of nitrogens with zero attached hydrogens (tertiary/aromatic N) is 1. The number of carbonyl (C=O) groups excluding carboxylic acids is 1. The third-order valence-electron chi connectivity index (χ3n) is 2.68. The summed E-state index contributed by atoms with van der Waals surface area (Å²) >= 11 is 0. The van der Waals surface area contributed by atoms with Crippen molar-refractivity contribution in [2.24, 2.45) is 0 Å². The number of hydrogen-bond donors (Lipinski definition) is 2. The first-order valence-corrected chi connectivity index (χ1v) is 8.42. The molecule has 2 atom stereocenters. The van der Waals surface area contributed by atoms with Crippen molar-refractivity contribution in [1.29, 1.82) is 0 Å². The van der Waals surface area contributed by atoms with Crippen molar-refractivity contribution in [2.45, 2.75) is 25.8 Å². The Bertz CT molecular complexity index is 546. The molecule has 1 rings (SSSR count). The molecule has 0 saturated carbocycles. The maximum absolute atomic E-state index is 12.0. The Hall–Kier alpha value is -1.71. The zero-order valence-corrected chi connectivity index (χ0v) is 13.1. The summed E-state index contributed by atoms with van der Waals surface area (Å²) in [6, 6.07) is 3.29. The molecular formula is C15H20N2O3S. The van der Waals surface area contributed by atoms with Gasteiger partial charge in [0.05, 0.1) is 6.61 Å². The molecule has 0 saturated heterocycles. The lowest BCUT2D eigenvalue weighted by atomic mass is 10.2. The number of hydrogen-bond acceptors (Lipinski definition) is 4. The van der Waals surface area contributed by atoms with Crippen molar-refractivity contribution < 1.29 is 14.1 Å². The monoisotopic (exact) mass is 308 g/mol. The van der Waals surface area contributed by atoms with E-state index in [2.05, 4.69) is 22.1 Å². The average Bonchev–Trinajstić information content (AvgIpc) is 2.46. The van der Waals surface area contributed by atoms with Crippen LogP contribution in [0.3, 0.4) is 0 Å². The molecule has 21 heavy (non-hydrogen) atoms. The smallest absolute Gasteiger partial charge is 0.270 e. The number of aliphatic hydroxyl groups excluding tert-OH is 1. The van der Waals surface area contributed by atoms with Crippen LogP contribution in [0.25, 0.3) is 0 Å². The maximum Gasteiger partial charge on any atom is 0.270 e. The van der Waals surface area contributed by atoms with Crippen LogP contribution in [0.5, 0.6) is 0 Å². The number of nitrogens with one attached hydrogen (secondary N) is 1. The van der Waals surface area contributed by atoms with Gasteiger partial charge in [0.15, 0.2) is 0 Å². The van der Waals surface area contributed by atoms with Crippen LogP contribution in [-0.2, 0) is 10.8 Å². The van der Waals surface area contributed by atoms with Gasteiger partial charge < -0.3 is 10.4 Å². The van der Waals surface area contributed by atoms with Gasteiger partial charge in [-0.05, 0) is 25.5 Å². The van der Waals surface area contributed by atoms with Crippen molar-refractivity contribution in [1.82, 2.24) is 10.3 Å². The molecular weight excluding hydrogens is 288 g/mol. The number of aromatic nitrogens is 1. The Labute approximate surface area is 127 Å². The van der Waals surface area contributed by atoms with Gasteiger partial charge in [0.2, 0.25) is 0 Å². The number of carbonyl (C=O) groups is 1. The van der Waals surface area contributed by atoms with Crippen LogP contribution in [0, 0.1) is 11.8 Å². The summed E-state index contributed by atoms with van der Waals surface area (Å²) in [4.78, 5) is 16.0. The van der Waals surface area contributed by atoms with Gasteiger partial charge in [-0.15, -0.1) is 0 Å². The summed E-state index contributed by atoms with van der Waals surface area (Å²) in [5.74, 6) is 5.95. The van der Waals surface area contributed by atoms with E-state index >= 15 is 0 Å². The molecule has 0 aliphatic rings. The van der Waals surface area contributed by atoms with Crippen molar-refractivity contribution in [3.63, 3.8) is 0 Å². The molecule has 0 bridgehead atoms. The lowest BCUT2D eigenvalue weighted by Gasteiger charge is -2.12. The van der Waals surface area contributed by atoms with E-state index < -0.39 is 10.8 Å². The highest BCUT2D eigenvalue weighted by Crippen LogP contribution is 2.01. The van der Waals surface area contributed by atoms with Crippen LogP contribution in [-0.4, -0.2) is 44.9 Å². The first kappa shape index (κ1) is 17.3. The molecule has 1 heterocycles. The average molecular weight is 308 g/mol. The highest BCUT2D eigenvalue weighted by molar-refractivity contribution is 7.84. The summed E-state index contributed by atoms with van der Waals surface area (Å²) in [5, 5.41) is 11.5. The van der Waals surface area contributed by atoms with Gasteiger partial charge in [-0.25, -0.2) is 4.98 Å². The number of pyridine rings is 1. The fourth-order valence-corrected chi connectivity index (χ4v) is 2.22. The minimum atomic E-state index is -0.853. The van der Waals surface area contributed by atoms with Crippen LogP contribution >= 0.6 is 0 Å². The minimum Gasteiger partial charge on any atom is -0.395 e. The quantitative estimate of drug-likeness (QED) is 0.758. The lowest BCUT2D eigenvalue weighted by Crippen LogP contribution is -2.34. The highest BCUT2D eigenvalue weighted by Gasteiger charge is 2.11. The standard InChI is InChI=1S/C15H20N2O3S/c1-12(8-10-21(2)20)17-15(19)14-7-6-13(11-16-14)5-3-4-9-18/h6-7,11-12,18H,4,8-10H2,1-2H3,(H,17,19). The van der Waals surface area contributed by atoms with Crippen LogP contribution in [0.1, 0.15) is 35.8 Å². The SMILES string of the molecule is CC(CCS(C)=O)NC(=O)c1ccc(C#CCCO)cn1. The zero-order valence-electron chi connectivity index (χ0n) is 12.3. The number of amides is 1. The van der Waals surface area contributed by atoms with Gasteiger partial charge in [0.1, 0.15) is 5.69 Å². The summed E-state index contributed by atoms with van der Waals surface area (Å²) in [6.07, 6.45) is 4.26. The second-order valence-electron chi connectivity index (χ2n) is 4.65. The fourth-order valence-electron chi connectivity index (χ4n) is 1.54. The summed E-state index contributed by atoms with van der Waals surface area (Å²) in [7, 11) is -0.853. The topological polar surface area (TPSA) is 79.3 Å². The van der Waals surface area contributed by atoms with Gasteiger partial charge in [-0.3, -0.25) is 9.00 Å². The molecule has 0 aliphatic heterocycles. The first-order valence-electron chi connectivity index (χ1n) is 6.69. The molecule has 2 N–H and O–H groups in total. The second-order valence-corrected chi connectivity index (χ2v) is 6.20. The van der Waals surface area contributed by atoms with E-state index in [9.17, 15) is 9.00 Å². The number of aliphatic hydroxyl groups is 1. The van der Waals surface area contributed by atoms with Crippen molar-refractivity contribution in [3.05, 3.63) is 29.6 Å². The van der Waals surface area contributed by atoms with Gasteiger partial charge in [0, 0.05) is 47.0 Å². The van der Waals surface area contributed by atoms with Crippen LogP contribution in [0.15, 0.2) is 18.3 Å². The first-order chi connectivity index (χ1) is 10.0. The van der Waals surface area contributed by atoms with E-state index in [4.69, 9.17) is 5.11 Å². The van der Waals surface area contributed by atoms with Crippen molar-refractivity contribution >= 4 is 16.7 Å². The van der Waals surface area contributed by atoms with Gasteiger partial charge in [-0.1, -0.05) is 11.8 Å². The van der Waals surface area contributed by atoms with Crippen LogP contribution in [0.4, 0.5) is 0 Å². The number of rotatable bonds is 6. The van der Waals surface area contributed by atoms with E-state index in [1.807, 2.05) is 6.92 Å². The maximum atomic E-state index is 12.0. The molecule has 0 radical (unpaired) electrons. The highest BCUT2D eigenvalue weighted by atomic mass is 32.2. The largest absolute Gasteiger partial charge is 0.395 e. The van der Waals surface area contributed by atoms with Gasteiger partial charge in [-0.2, -0.15) is 0 Å². The Morgan fingerprint density at radius 1 is 1.52 bits per heavy atom. The third-order valence-corrected chi connectivity index (χ3v) is 3.49. The van der Waals surface area contributed by atoms with E-state index in [1.165, 1.54) is 6.20 Å².